The van der Waals surface area contributed by atoms with Crippen LogP contribution < -0.4 is 0 Å². The van der Waals surface area contributed by atoms with Crippen molar-refractivity contribution in [2.24, 2.45) is 5.16 Å². The zero-order chi connectivity index (χ0) is 10.5. The maximum absolute atomic E-state index is 8.63. The summed E-state index contributed by atoms with van der Waals surface area (Å²) in [6.45, 7) is 2.87. The fraction of sp³-hybridized carbons (Fsp3) is 0.455. The normalized spacial score (nSPS) is 17.7. The first-order valence-corrected chi connectivity index (χ1v) is 5.19. The molecule has 0 bridgehead atoms. The third-order valence-electron chi connectivity index (χ3n) is 2.70. The van der Waals surface area contributed by atoms with E-state index in [4.69, 9.17) is 5.21 Å². The van der Waals surface area contributed by atoms with Gasteiger partial charge in [0.25, 0.3) is 0 Å². The van der Waals surface area contributed by atoms with Gasteiger partial charge in [0.15, 0.2) is 0 Å². The minimum atomic E-state index is 0.872. The Morgan fingerprint density at radius 2 is 2.20 bits per heavy atom. The van der Waals surface area contributed by atoms with Crippen LogP contribution in [-0.4, -0.2) is 33.9 Å². The van der Waals surface area contributed by atoms with E-state index >= 15 is 0 Å². The van der Waals surface area contributed by atoms with Gasteiger partial charge >= 0.3 is 0 Å². The molecule has 4 heteroatoms. The SMILES string of the molecule is ON=C1CCN(Cc2cccnc2)CC1. The highest BCUT2D eigenvalue weighted by molar-refractivity contribution is 5.84. The first-order valence-electron chi connectivity index (χ1n) is 5.19. The second-order valence-electron chi connectivity index (χ2n) is 3.80. The van der Waals surface area contributed by atoms with Crippen LogP contribution in [0.4, 0.5) is 0 Å². The molecule has 0 unspecified atom stereocenters. The van der Waals surface area contributed by atoms with Gasteiger partial charge in [-0.2, -0.15) is 0 Å². The van der Waals surface area contributed by atoms with Crippen LogP contribution in [0.5, 0.6) is 0 Å². The van der Waals surface area contributed by atoms with Crippen LogP contribution >= 0.6 is 0 Å². The summed E-state index contributed by atoms with van der Waals surface area (Å²) in [7, 11) is 0. The van der Waals surface area contributed by atoms with Gasteiger partial charge in [0, 0.05) is 44.9 Å². The molecule has 0 radical (unpaired) electrons. The fourth-order valence-electron chi connectivity index (χ4n) is 1.82. The second kappa shape index (κ2) is 4.89. The van der Waals surface area contributed by atoms with Crippen molar-refractivity contribution in [1.82, 2.24) is 9.88 Å². The average Bonchev–Trinajstić information content (AvgIpc) is 2.31. The molecule has 1 fully saturated rings. The topological polar surface area (TPSA) is 48.7 Å². The number of hydrogen-bond acceptors (Lipinski definition) is 4. The third-order valence-corrected chi connectivity index (χ3v) is 2.70. The Bertz CT molecular complexity index is 327. The Balaban J connectivity index is 1.87. The van der Waals surface area contributed by atoms with Crippen LogP contribution in [-0.2, 0) is 6.54 Å². The Kier molecular flexibility index (Phi) is 3.29. The molecule has 0 saturated carbocycles. The van der Waals surface area contributed by atoms with Crippen molar-refractivity contribution in [2.75, 3.05) is 13.1 Å². The number of nitrogens with zero attached hydrogens (tertiary/aromatic N) is 3. The maximum atomic E-state index is 8.63. The van der Waals surface area contributed by atoms with Crippen LogP contribution in [0.3, 0.4) is 0 Å². The van der Waals surface area contributed by atoms with E-state index < -0.39 is 0 Å². The quantitative estimate of drug-likeness (QED) is 0.588. The molecular weight excluding hydrogens is 190 g/mol. The fourth-order valence-corrected chi connectivity index (χ4v) is 1.82. The number of likely N-dealkylation sites (tertiary alicyclic amines) is 1. The van der Waals surface area contributed by atoms with E-state index in [1.807, 2.05) is 12.3 Å². The number of rotatable bonds is 2. The second-order valence-corrected chi connectivity index (χ2v) is 3.80. The zero-order valence-corrected chi connectivity index (χ0v) is 8.63. The van der Waals surface area contributed by atoms with Crippen molar-refractivity contribution in [1.29, 1.82) is 0 Å². The Hall–Kier alpha value is -1.42. The molecule has 2 heterocycles. The van der Waals surface area contributed by atoms with E-state index in [0.29, 0.717) is 0 Å². The zero-order valence-electron chi connectivity index (χ0n) is 8.63. The molecule has 15 heavy (non-hydrogen) atoms. The van der Waals surface area contributed by atoms with E-state index in [1.54, 1.807) is 6.20 Å². The van der Waals surface area contributed by atoms with Gasteiger partial charge in [-0.05, 0) is 11.6 Å². The summed E-state index contributed by atoms with van der Waals surface area (Å²) in [5.74, 6) is 0. The molecule has 0 aliphatic carbocycles. The summed E-state index contributed by atoms with van der Waals surface area (Å²) in [6, 6.07) is 4.04. The minimum absolute atomic E-state index is 0.872. The number of aromatic nitrogens is 1. The van der Waals surface area contributed by atoms with E-state index in [1.165, 1.54) is 5.56 Å². The Morgan fingerprint density at radius 3 is 2.80 bits per heavy atom. The summed E-state index contributed by atoms with van der Waals surface area (Å²) < 4.78 is 0. The Labute approximate surface area is 89.2 Å². The van der Waals surface area contributed by atoms with Crippen molar-refractivity contribution in [3.8, 4) is 0 Å². The van der Waals surface area contributed by atoms with Crippen LogP contribution in [0.2, 0.25) is 0 Å². The van der Waals surface area contributed by atoms with Gasteiger partial charge < -0.3 is 5.21 Å². The lowest BCUT2D eigenvalue weighted by molar-refractivity contribution is 0.256. The largest absolute Gasteiger partial charge is 0.411 e. The molecule has 2 rings (SSSR count). The minimum Gasteiger partial charge on any atom is -0.411 e. The van der Waals surface area contributed by atoms with Crippen LogP contribution in [0.15, 0.2) is 29.7 Å². The van der Waals surface area contributed by atoms with Crippen LogP contribution in [0.1, 0.15) is 18.4 Å². The first kappa shape index (κ1) is 10.1. The monoisotopic (exact) mass is 205 g/mol. The molecule has 0 amide bonds. The molecule has 1 aromatic rings. The molecule has 0 aromatic carbocycles. The van der Waals surface area contributed by atoms with E-state index in [9.17, 15) is 0 Å². The molecule has 1 aromatic heterocycles. The van der Waals surface area contributed by atoms with Gasteiger partial charge in [0.2, 0.25) is 0 Å². The molecule has 4 nitrogen and oxygen atoms in total. The molecule has 1 saturated heterocycles. The van der Waals surface area contributed by atoms with Gasteiger partial charge in [0.05, 0.1) is 5.71 Å². The highest BCUT2D eigenvalue weighted by atomic mass is 16.4. The highest BCUT2D eigenvalue weighted by Gasteiger charge is 2.15. The van der Waals surface area contributed by atoms with Crippen molar-refractivity contribution in [2.45, 2.75) is 19.4 Å². The molecule has 0 spiro atoms. The molecule has 1 aliphatic rings. The van der Waals surface area contributed by atoms with E-state index in [2.05, 4.69) is 21.1 Å². The van der Waals surface area contributed by atoms with Gasteiger partial charge in [-0.1, -0.05) is 11.2 Å². The predicted molar refractivity (Wildman–Crippen MR) is 58.0 cm³/mol. The summed E-state index contributed by atoms with van der Waals surface area (Å²) in [5, 5.41) is 11.9. The lowest BCUT2D eigenvalue weighted by atomic mass is 10.1. The number of oxime groups is 1. The van der Waals surface area contributed by atoms with Crippen molar-refractivity contribution >= 4 is 5.71 Å². The molecule has 1 aliphatic heterocycles. The van der Waals surface area contributed by atoms with Gasteiger partial charge in [-0.15, -0.1) is 0 Å². The summed E-state index contributed by atoms with van der Waals surface area (Å²) in [4.78, 5) is 6.44. The van der Waals surface area contributed by atoms with Crippen molar-refractivity contribution < 1.29 is 5.21 Å². The Morgan fingerprint density at radius 1 is 1.40 bits per heavy atom. The standard InChI is InChI=1S/C11H15N3O/c15-13-11-3-6-14(7-4-11)9-10-2-1-5-12-8-10/h1-2,5,8,15H,3-4,6-7,9H2. The van der Waals surface area contributed by atoms with Gasteiger partial charge in [-0.3, -0.25) is 9.88 Å². The smallest absolute Gasteiger partial charge is 0.0596 e. The van der Waals surface area contributed by atoms with Gasteiger partial charge in [0.1, 0.15) is 0 Å². The van der Waals surface area contributed by atoms with Crippen LogP contribution in [0, 0.1) is 0 Å². The lowest BCUT2D eigenvalue weighted by Crippen LogP contribution is -2.33. The molecule has 80 valence electrons. The highest BCUT2D eigenvalue weighted by Crippen LogP contribution is 2.10. The van der Waals surface area contributed by atoms with E-state index in [-0.39, 0.29) is 0 Å². The third kappa shape index (κ3) is 2.76. The summed E-state index contributed by atoms with van der Waals surface area (Å²) >= 11 is 0. The molecule has 1 N–H and O–H groups in total. The predicted octanol–water partition coefficient (Wildman–Crippen LogP) is 1.51. The summed E-state index contributed by atoms with van der Waals surface area (Å²) in [6.07, 6.45) is 5.43. The molecule has 0 atom stereocenters. The average molecular weight is 205 g/mol. The summed E-state index contributed by atoms with van der Waals surface area (Å²) in [5.41, 5.74) is 2.15. The number of hydrogen-bond donors (Lipinski definition) is 1. The first-order chi connectivity index (χ1) is 7.38. The maximum Gasteiger partial charge on any atom is 0.0596 e. The van der Waals surface area contributed by atoms with Crippen LogP contribution in [0.25, 0.3) is 0 Å². The van der Waals surface area contributed by atoms with Crippen molar-refractivity contribution in [3.05, 3.63) is 30.1 Å². The lowest BCUT2D eigenvalue weighted by Gasteiger charge is -2.26. The van der Waals surface area contributed by atoms with Gasteiger partial charge in [-0.25, -0.2) is 0 Å². The van der Waals surface area contributed by atoms with Crippen molar-refractivity contribution in [3.63, 3.8) is 0 Å². The number of pyridine rings is 1. The van der Waals surface area contributed by atoms with E-state index in [0.717, 1.165) is 38.2 Å². The number of piperidine rings is 1. The molecular formula is C11H15N3O.